The molecule has 17 heavy (non-hydrogen) atoms. The zero-order valence-electron chi connectivity index (χ0n) is 8.19. The summed E-state index contributed by atoms with van der Waals surface area (Å²) in [4.78, 5) is 0. The fourth-order valence-electron chi connectivity index (χ4n) is 0.906. The van der Waals surface area contributed by atoms with Gasteiger partial charge in [-0.25, -0.2) is 0 Å². The molecule has 0 radical (unpaired) electrons. The van der Waals surface area contributed by atoms with Gasteiger partial charge >= 0.3 is 12.2 Å². The van der Waals surface area contributed by atoms with Crippen molar-refractivity contribution < 1.29 is 26.7 Å². The molecular formula is C10H6ClF5O. The van der Waals surface area contributed by atoms with Crippen LogP contribution in [0.1, 0.15) is 5.56 Å². The van der Waals surface area contributed by atoms with Gasteiger partial charge in [0, 0.05) is 5.88 Å². The van der Waals surface area contributed by atoms with Crippen LogP contribution < -0.4 is 4.74 Å². The highest BCUT2D eigenvalue weighted by molar-refractivity contribution is 6.17. The molecule has 1 rings (SSSR count). The van der Waals surface area contributed by atoms with Gasteiger partial charge in [-0.1, -0.05) is 12.1 Å². The molecule has 1 nitrogen and oxygen atoms in total. The smallest absolute Gasteiger partial charge is 0.430 e. The summed E-state index contributed by atoms with van der Waals surface area (Å²) < 4.78 is 64.4. The maximum Gasteiger partial charge on any atom is 0.449 e. The highest BCUT2D eigenvalue weighted by atomic mass is 35.5. The van der Waals surface area contributed by atoms with E-state index >= 15 is 0 Å². The van der Waals surface area contributed by atoms with Crippen LogP contribution in [0.4, 0.5) is 22.0 Å². The SMILES string of the molecule is FC(Oc1ccc(CCl)cc1)=C(F)C(F)(F)F. The number of allylic oxidation sites excluding steroid dienone is 1. The largest absolute Gasteiger partial charge is 0.449 e. The summed E-state index contributed by atoms with van der Waals surface area (Å²) >= 11 is 5.46. The van der Waals surface area contributed by atoms with Crippen LogP contribution in [0, 0.1) is 0 Å². The van der Waals surface area contributed by atoms with Gasteiger partial charge in [-0.15, -0.1) is 11.6 Å². The average Bonchev–Trinajstić information content (AvgIpc) is 2.27. The summed E-state index contributed by atoms with van der Waals surface area (Å²) in [6.07, 6.45) is -5.40. The van der Waals surface area contributed by atoms with E-state index in [1.54, 1.807) is 0 Å². The monoisotopic (exact) mass is 272 g/mol. The van der Waals surface area contributed by atoms with Gasteiger partial charge in [-0.2, -0.15) is 22.0 Å². The van der Waals surface area contributed by atoms with Crippen molar-refractivity contribution in [3.8, 4) is 5.75 Å². The first kappa shape index (κ1) is 13.8. The minimum absolute atomic E-state index is 0.190. The van der Waals surface area contributed by atoms with Crippen LogP contribution in [0.25, 0.3) is 0 Å². The summed E-state index contributed by atoms with van der Waals surface area (Å²) in [5.41, 5.74) is 0.666. The topological polar surface area (TPSA) is 9.23 Å². The molecule has 0 spiro atoms. The minimum Gasteiger partial charge on any atom is -0.430 e. The summed E-state index contributed by atoms with van der Waals surface area (Å²) in [6, 6.07) is 2.88. The van der Waals surface area contributed by atoms with E-state index in [4.69, 9.17) is 11.6 Å². The Morgan fingerprint density at radius 1 is 1.12 bits per heavy atom. The number of alkyl halides is 4. The second-order valence-electron chi connectivity index (χ2n) is 2.97. The molecule has 0 fully saturated rings. The second kappa shape index (κ2) is 5.35. The maximum absolute atomic E-state index is 12.7. The number of rotatable bonds is 3. The van der Waals surface area contributed by atoms with Gasteiger partial charge in [0.2, 0.25) is 0 Å². The first-order chi connectivity index (χ1) is 7.84. The molecule has 1 aromatic carbocycles. The van der Waals surface area contributed by atoms with Crippen LogP contribution in [-0.4, -0.2) is 6.18 Å². The molecule has 0 aromatic heterocycles. The van der Waals surface area contributed by atoms with Crippen molar-refractivity contribution >= 4 is 11.6 Å². The summed E-state index contributed by atoms with van der Waals surface area (Å²) in [5, 5.41) is 0. The second-order valence-corrected chi connectivity index (χ2v) is 3.23. The lowest BCUT2D eigenvalue weighted by Crippen LogP contribution is -2.11. The van der Waals surface area contributed by atoms with Crippen molar-refractivity contribution in [3.63, 3.8) is 0 Å². The Kier molecular flexibility index (Phi) is 4.34. The molecule has 1 aromatic rings. The van der Waals surface area contributed by atoms with Gasteiger partial charge in [-0.05, 0) is 17.7 Å². The van der Waals surface area contributed by atoms with Gasteiger partial charge in [0.1, 0.15) is 5.75 Å². The first-order valence-electron chi connectivity index (χ1n) is 4.30. The van der Waals surface area contributed by atoms with E-state index in [1.165, 1.54) is 24.3 Å². The quantitative estimate of drug-likeness (QED) is 0.448. The van der Waals surface area contributed by atoms with Crippen LogP contribution in [0.3, 0.4) is 0 Å². The van der Waals surface area contributed by atoms with E-state index in [0.29, 0.717) is 5.56 Å². The molecule has 0 atom stereocenters. The number of benzene rings is 1. The zero-order valence-corrected chi connectivity index (χ0v) is 8.95. The molecule has 0 N–H and O–H groups in total. The molecule has 0 aliphatic heterocycles. The third-order valence-corrected chi connectivity index (χ3v) is 2.02. The lowest BCUT2D eigenvalue weighted by atomic mass is 10.2. The Morgan fingerprint density at radius 3 is 2.06 bits per heavy atom. The zero-order chi connectivity index (χ0) is 13.1. The van der Waals surface area contributed by atoms with Gasteiger partial charge < -0.3 is 4.74 Å². The Labute approximate surface area is 98.4 Å². The molecule has 0 saturated heterocycles. The molecule has 0 unspecified atom stereocenters. The van der Waals surface area contributed by atoms with Gasteiger partial charge in [-0.3, -0.25) is 0 Å². The first-order valence-corrected chi connectivity index (χ1v) is 4.83. The fourth-order valence-corrected chi connectivity index (χ4v) is 1.08. The van der Waals surface area contributed by atoms with Gasteiger partial charge in [0.15, 0.2) is 0 Å². The molecule has 0 bridgehead atoms. The van der Waals surface area contributed by atoms with Crippen LogP contribution in [-0.2, 0) is 5.88 Å². The minimum atomic E-state index is -5.40. The Hall–Kier alpha value is -1.30. The molecule has 7 heteroatoms. The van der Waals surface area contributed by atoms with Crippen LogP contribution in [0.5, 0.6) is 5.75 Å². The summed E-state index contributed by atoms with van der Waals surface area (Å²) in [7, 11) is 0. The van der Waals surface area contributed by atoms with Gasteiger partial charge in [0.25, 0.3) is 5.83 Å². The van der Waals surface area contributed by atoms with E-state index in [9.17, 15) is 22.0 Å². The lowest BCUT2D eigenvalue weighted by Gasteiger charge is -2.06. The number of ether oxygens (including phenoxy) is 1. The summed E-state index contributed by atoms with van der Waals surface area (Å²) in [5.74, 6) is -2.97. The van der Waals surface area contributed by atoms with Crippen LogP contribution in [0.2, 0.25) is 0 Å². The van der Waals surface area contributed by atoms with Crippen molar-refractivity contribution in [2.75, 3.05) is 0 Å². The molecule has 0 heterocycles. The van der Waals surface area contributed by atoms with E-state index in [-0.39, 0.29) is 11.6 Å². The van der Waals surface area contributed by atoms with Crippen LogP contribution >= 0.6 is 11.6 Å². The van der Waals surface area contributed by atoms with Gasteiger partial charge in [0.05, 0.1) is 0 Å². The molecule has 0 aliphatic carbocycles. The van der Waals surface area contributed by atoms with E-state index in [0.717, 1.165) is 0 Å². The number of hydrogen-bond donors (Lipinski definition) is 0. The van der Waals surface area contributed by atoms with Crippen molar-refractivity contribution in [3.05, 3.63) is 41.7 Å². The molecule has 0 aliphatic rings. The molecule has 94 valence electrons. The molecule has 0 saturated carbocycles. The third-order valence-electron chi connectivity index (χ3n) is 1.71. The van der Waals surface area contributed by atoms with Crippen molar-refractivity contribution in [1.29, 1.82) is 0 Å². The Balaban J connectivity index is 2.84. The predicted octanol–water partition coefficient (Wildman–Crippen LogP) is 4.47. The van der Waals surface area contributed by atoms with E-state index in [1.807, 2.05) is 0 Å². The Morgan fingerprint density at radius 2 is 1.65 bits per heavy atom. The highest BCUT2D eigenvalue weighted by Gasteiger charge is 2.39. The molecule has 0 amide bonds. The maximum atomic E-state index is 12.7. The van der Waals surface area contributed by atoms with Crippen molar-refractivity contribution in [2.24, 2.45) is 0 Å². The third kappa shape index (κ3) is 3.89. The van der Waals surface area contributed by atoms with E-state index in [2.05, 4.69) is 4.74 Å². The normalized spacial score (nSPS) is 13.3. The Bertz CT molecular complexity index is 410. The fraction of sp³-hybridized carbons (Fsp3) is 0.200. The lowest BCUT2D eigenvalue weighted by molar-refractivity contribution is -0.114. The standard InChI is InChI=1S/C10H6ClF5O/c11-5-6-1-3-7(4-2-6)17-9(13)8(12)10(14,15)16/h1-4H,5H2. The van der Waals surface area contributed by atoms with Crippen molar-refractivity contribution in [2.45, 2.75) is 12.1 Å². The number of hydrogen-bond acceptors (Lipinski definition) is 1. The average molecular weight is 273 g/mol. The predicted molar refractivity (Wildman–Crippen MR) is 51.9 cm³/mol. The van der Waals surface area contributed by atoms with Crippen molar-refractivity contribution in [1.82, 2.24) is 0 Å². The van der Waals surface area contributed by atoms with Crippen LogP contribution in [0.15, 0.2) is 36.1 Å². The number of halogens is 6. The summed E-state index contributed by atoms with van der Waals surface area (Å²) in [6.45, 7) is 0. The van der Waals surface area contributed by atoms with E-state index < -0.39 is 18.0 Å². The highest BCUT2D eigenvalue weighted by Crippen LogP contribution is 2.30. The molecular weight excluding hydrogens is 267 g/mol.